The van der Waals surface area contributed by atoms with Crippen LogP contribution in [-0.4, -0.2) is 23.6 Å². The van der Waals surface area contributed by atoms with Crippen LogP contribution in [0.1, 0.15) is 32.3 Å². The first kappa shape index (κ1) is 14.2. The molecule has 19 heavy (non-hydrogen) atoms. The summed E-state index contributed by atoms with van der Waals surface area (Å²) in [6.07, 6.45) is 1.84. The maximum Gasteiger partial charge on any atom is 0.171 e. The van der Waals surface area contributed by atoms with Gasteiger partial charge in [0, 0.05) is 18.7 Å². The summed E-state index contributed by atoms with van der Waals surface area (Å²) in [7, 11) is 1.03. The second kappa shape index (κ2) is 5.05. The summed E-state index contributed by atoms with van der Waals surface area (Å²) in [5.74, 6) is 1.08. The van der Waals surface area contributed by atoms with Gasteiger partial charge in [-0.25, -0.2) is 4.98 Å². The van der Waals surface area contributed by atoms with Crippen molar-refractivity contribution >= 4 is 20.1 Å². The molecule has 4 nitrogen and oxygen atoms in total. The Bertz CT molecular complexity index is 584. The van der Waals surface area contributed by atoms with E-state index in [0.29, 0.717) is 6.61 Å². The van der Waals surface area contributed by atoms with Crippen molar-refractivity contribution in [3.63, 3.8) is 0 Å². The van der Waals surface area contributed by atoms with E-state index in [4.69, 9.17) is 9.41 Å². The number of imidazole rings is 1. The number of aryl methyl sites for hydroxylation is 1. The minimum atomic E-state index is -1.03. The van der Waals surface area contributed by atoms with Crippen molar-refractivity contribution in [1.82, 2.24) is 14.5 Å². The standard InChI is InChI=1S/C14H23N3OSi/c1-14(2,3)13-16-12-10(9-18-19(5)6)15-8-7-11(12)17(13)4/h7-8,19H,9H2,1-6H3. The first-order valence-corrected chi connectivity index (χ1v) is 9.51. The number of rotatable bonds is 3. The topological polar surface area (TPSA) is 39.9 Å². The summed E-state index contributed by atoms with van der Waals surface area (Å²) in [6.45, 7) is 11.4. The number of hydrogen-bond acceptors (Lipinski definition) is 3. The van der Waals surface area contributed by atoms with Crippen LogP contribution in [0.15, 0.2) is 12.3 Å². The number of aromatic nitrogens is 3. The fourth-order valence-electron chi connectivity index (χ4n) is 2.20. The molecular weight excluding hydrogens is 254 g/mol. The average Bonchev–Trinajstić information content (AvgIpc) is 2.65. The summed E-state index contributed by atoms with van der Waals surface area (Å²) in [6, 6.07) is 2.02. The third-order valence-corrected chi connectivity index (χ3v) is 3.93. The first-order chi connectivity index (χ1) is 8.80. The van der Waals surface area contributed by atoms with Gasteiger partial charge in [-0.1, -0.05) is 20.8 Å². The molecule has 0 radical (unpaired) electrons. The molecule has 0 unspecified atom stereocenters. The molecule has 0 N–H and O–H groups in total. The lowest BCUT2D eigenvalue weighted by Crippen LogP contribution is -2.17. The van der Waals surface area contributed by atoms with E-state index >= 15 is 0 Å². The normalized spacial score (nSPS) is 12.6. The molecule has 0 aliphatic carbocycles. The van der Waals surface area contributed by atoms with Crippen molar-refractivity contribution in [2.45, 2.75) is 45.9 Å². The van der Waals surface area contributed by atoms with Gasteiger partial charge in [-0.2, -0.15) is 0 Å². The van der Waals surface area contributed by atoms with E-state index in [1.807, 2.05) is 12.3 Å². The lowest BCUT2D eigenvalue weighted by molar-refractivity contribution is 0.311. The highest BCUT2D eigenvalue weighted by Gasteiger charge is 2.22. The Balaban J connectivity index is 2.51. The van der Waals surface area contributed by atoms with Crippen LogP contribution < -0.4 is 0 Å². The minimum absolute atomic E-state index is 0.0265. The van der Waals surface area contributed by atoms with E-state index in [9.17, 15) is 0 Å². The Kier molecular flexibility index (Phi) is 3.78. The van der Waals surface area contributed by atoms with E-state index in [-0.39, 0.29) is 5.41 Å². The van der Waals surface area contributed by atoms with E-state index in [2.05, 4.69) is 50.5 Å². The van der Waals surface area contributed by atoms with E-state index in [1.165, 1.54) is 0 Å². The van der Waals surface area contributed by atoms with Crippen molar-refractivity contribution in [2.24, 2.45) is 7.05 Å². The Morgan fingerprint density at radius 3 is 2.58 bits per heavy atom. The highest BCUT2D eigenvalue weighted by Crippen LogP contribution is 2.26. The Labute approximate surface area is 116 Å². The molecule has 2 heterocycles. The maximum absolute atomic E-state index is 5.80. The van der Waals surface area contributed by atoms with Crippen LogP contribution in [0.2, 0.25) is 13.1 Å². The fourth-order valence-corrected chi connectivity index (χ4v) is 2.69. The summed E-state index contributed by atoms with van der Waals surface area (Å²) in [5.41, 5.74) is 3.08. The first-order valence-electron chi connectivity index (χ1n) is 6.73. The maximum atomic E-state index is 5.80. The van der Waals surface area contributed by atoms with Gasteiger partial charge in [-0.15, -0.1) is 0 Å². The van der Waals surface area contributed by atoms with Crippen LogP contribution in [0.3, 0.4) is 0 Å². The van der Waals surface area contributed by atoms with Gasteiger partial charge in [0.2, 0.25) is 0 Å². The van der Waals surface area contributed by atoms with Gasteiger partial charge in [0.05, 0.1) is 17.8 Å². The monoisotopic (exact) mass is 277 g/mol. The molecule has 2 aromatic heterocycles. The second-order valence-electron chi connectivity index (χ2n) is 6.23. The third-order valence-electron chi connectivity index (χ3n) is 3.10. The highest BCUT2D eigenvalue weighted by molar-refractivity contribution is 6.48. The van der Waals surface area contributed by atoms with Gasteiger partial charge in [-0.05, 0) is 19.2 Å². The van der Waals surface area contributed by atoms with E-state index in [1.54, 1.807) is 0 Å². The van der Waals surface area contributed by atoms with Crippen molar-refractivity contribution in [3.05, 3.63) is 23.8 Å². The van der Waals surface area contributed by atoms with Gasteiger partial charge in [-0.3, -0.25) is 4.98 Å². The van der Waals surface area contributed by atoms with Gasteiger partial charge in [0.25, 0.3) is 0 Å². The molecule has 2 rings (SSSR count). The molecule has 2 aromatic rings. The zero-order chi connectivity index (χ0) is 14.2. The zero-order valence-corrected chi connectivity index (χ0v) is 13.8. The third kappa shape index (κ3) is 2.87. The predicted molar refractivity (Wildman–Crippen MR) is 80.9 cm³/mol. The largest absolute Gasteiger partial charge is 0.415 e. The minimum Gasteiger partial charge on any atom is -0.415 e. The number of fused-ring (bicyclic) bond motifs is 1. The van der Waals surface area contributed by atoms with Gasteiger partial charge >= 0.3 is 0 Å². The quantitative estimate of drug-likeness (QED) is 0.810. The average molecular weight is 277 g/mol. The smallest absolute Gasteiger partial charge is 0.171 e. The molecule has 0 spiro atoms. The van der Waals surface area contributed by atoms with E-state index in [0.717, 1.165) is 22.6 Å². The van der Waals surface area contributed by atoms with Crippen LogP contribution in [0, 0.1) is 0 Å². The Morgan fingerprint density at radius 1 is 1.32 bits per heavy atom. The highest BCUT2D eigenvalue weighted by atomic mass is 28.3. The summed E-state index contributed by atoms with van der Waals surface area (Å²) in [5, 5.41) is 0. The SMILES string of the molecule is Cn1c(C(C)(C)C)nc2c(CO[SiH](C)C)nccc21. The van der Waals surface area contributed by atoms with Crippen LogP contribution in [0.5, 0.6) is 0 Å². The Hall–Kier alpha value is -1.20. The molecule has 0 saturated carbocycles. The number of nitrogens with zero attached hydrogens (tertiary/aromatic N) is 3. The molecule has 0 fully saturated rings. The van der Waals surface area contributed by atoms with Crippen molar-refractivity contribution in [3.8, 4) is 0 Å². The molecule has 5 heteroatoms. The Morgan fingerprint density at radius 2 is 2.00 bits per heavy atom. The molecule has 0 aliphatic rings. The van der Waals surface area contributed by atoms with Gasteiger partial charge in [0.1, 0.15) is 11.3 Å². The molecular formula is C14H23N3OSi. The van der Waals surface area contributed by atoms with Gasteiger partial charge < -0.3 is 8.99 Å². The van der Waals surface area contributed by atoms with Crippen LogP contribution >= 0.6 is 0 Å². The lowest BCUT2D eigenvalue weighted by Gasteiger charge is -2.17. The van der Waals surface area contributed by atoms with Crippen LogP contribution in [0.25, 0.3) is 11.0 Å². The van der Waals surface area contributed by atoms with Crippen molar-refractivity contribution < 1.29 is 4.43 Å². The zero-order valence-electron chi connectivity index (χ0n) is 12.7. The molecule has 0 aliphatic heterocycles. The predicted octanol–water partition coefficient (Wildman–Crippen LogP) is 2.77. The molecule has 0 atom stereocenters. The molecule has 0 bridgehead atoms. The van der Waals surface area contributed by atoms with Gasteiger partial charge in [0.15, 0.2) is 9.04 Å². The van der Waals surface area contributed by atoms with E-state index < -0.39 is 9.04 Å². The van der Waals surface area contributed by atoms with Crippen LogP contribution in [-0.2, 0) is 23.5 Å². The number of hydrogen-bond donors (Lipinski definition) is 0. The summed E-state index contributed by atoms with van der Waals surface area (Å²) < 4.78 is 7.96. The van der Waals surface area contributed by atoms with Crippen molar-refractivity contribution in [1.29, 1.82) is 0 Å². The molecule has 0 aromatic carbocycles. The molecule has 104 valence electrons. The molecule has 0 amide bonds. The second-order valence-corrected chi connectivity index (χ2v) is 8.66. The molecule has 0 saturated heterocycles. The number of pyridine rings is 1. The summed E-state index contributed by atoms with van der Waals surface area (Å²) >= 11 is 0. The summed E-state index contributed by atoms with van der Waals surface area (Å²) in [4.78, 5) is 9.23. The van der Waals surface area contributed by atoms with Crippen LogP contribution in [0.4, 0.5) is 0 Å². The fraction of sp³-hybridized carbons (Fsp3) is 0.571. The lowest BCUT2D eigenvalue weighted by atomic mass is 9.96. The van der Waals surface area contributed by atoms with Crippen molar-refractivity contribution in [2.75, 3.05) is 0 Å².